The minimum absolute atomic E-state index is 0. The number of nitrogens with one attached hydrogen (secondary N) is 2. The molecule has 1 heterocycles. The van der Waals surface area contributed by atoms with Crippen molar-refractivity contribution in [1.82, 2.24) is 10.6 Å². The van der Waals surface area contributed by atoms with Gasteiger partial charge in [-0.15, -0.1) is 24.0 Å². The molecule has 0 aromatic carbocycles. The van der Waals surface area contributed by atoms with Crippen LogP contribution in [0.25, 0.3) is 0 Å². The lowest BCUT2D eigenvalue weighted by molar-refractivity contribution is 0.0168. The Kier molecular flexibility index (Phi) is 15.4. The zero-order valence-corrected chi connectivity index (χ0v) is 20.2. The predicted molar refractivity (Wildman–Crippen MR) is 126 cm³/mol. The highest BCUT2D eigenvalue weighted by molar-refractivity contribution is 14.0. The van der Waals surface area contributed by atoms with E-state index in [1.54, 1.807) is 0 Å². The molecule has 2 unspecified atom stereocenters. The summed E-state index contributed by atoms with van der Waals surface area (Å²) >= 11 is 0. The lowest BCUT2D eigenvalue weighted by Crippen LogP contribution is -2.39. The predicted octanol–water partition coefficient (Wildman–Crippen LogP) is 3.73. The van der Waals surface area contributed by atoms with E-state index >= 15 is 0 Å². The topological polar surface area (TPSA) is 64.1 Å². The van der Waals surface area contributed by atoms with E-state index in [9.17, 15) is 0 Å². The first-order valence-corrected chi connectivity index (χ1v) is 11.2. The third kappa shape index (κ3) is 10.6. The molecule has 1 saturated heterocycles. The lowest BCUT2D eigenvalue weighted by Gasteiger charge is -2.24. The summed E-state index contributed by atoms with van der Waals surface area (Å²) < 4.78 is 17.3. The maximum atomic E-state index is 6.01. The number of guanidine groups is 1. The van der Waals surface area contributed by atoms with E-state index in [4.69, 9.17) is 14.2 Å². The Bertz CT molecular complexity index is 400. The van der Waals surface area contributed by atoms with Gasteiger partial charge in [0.25, 0.3) is 0 Å². The van der Waals surface area contributed by atoms with E-state index < -0.39 is 0 Å². The van der Waals surface area contributed by atoms with E-state index in [0.717, 1.165) is 77.2 Å². The van der Waals surface area contributed by atoms with Crippen LogP contribution in [0.4, 0.5) is 0 Å². The van der Waals surface area contributed by atoms with E-state index in [1.165, 1.54) is 32.1 Å². The first-order valence-electron chi connectivity index (χ1n) is 11.2. The van der Waals surface area contributed by atoms with Gasteiger partial charge in [-0.05, 0) is 58.3 Å². The van der Waals surface area contributed by atoms with Crippen molar-refractivity contribution >= 4 is 29.9 Å². The molecule has 0 amide bonds. The number of ether oxygens (including phenoxy) is 3. The van der Waals surface area contributed by atoms with Crippen molar-refractivity contribution in [1.29, 1.82) is 0 Å². The lowest BCUT2D eigenvalue weighted by atomic mass is 9.98. The summed E-state index contributed by atoms with van der Waals surface area (Å²) in [6, 6.07) is 0. The van der Waals surface area contributed by atoms with Crippen molar-refractivity contribution < 1.29 is 14.2 Å². The highest BCUT2D eigenvalue weighted by atomic mass is 127. The number of hydrogen-bond acceptors (Lipinski definition) is 4. The van der Waals surface area contributed by atoms with Crippen LogP contribution < -0.4 is 10.6 Å². The summed E-state index contributed by atoms with van der Waals surface area (Å²) in [5.74, 6) is 1.64. The molecule has 2 N–H and O–H groups in total. The van der Waals surface area contributed by atoms with Crippen LogP contribution in [0.15, 0.2) is 4.99 Å². The van der Waals surface area contributed by atoms with Crippen LogP contribution in [0.2, 0.25) is 0 Å². The standard InChI is InChI=1S/C21H41N3O3.HI/c1-3-22-21(23-13-8-15-25-17-19-11-7-16-27-19)24-14-12-20(26-4-2)18-9-5-6-10-18;/h18-20H,3-17H2,1-2H3,(H2,22,23,24);1H. The fraction of sp³-hybridized carbons (Fsp3) is 0.952. The fourth-order valence-electron chi connectivity index (χ4n) is 4.02. The Morgan fingerprint density at radius 3 is 2.64 bits per heavy atom. The van der Waals surface area contributed by atoms with Gasteiger partial charge in [-0.3, -0.25) is 4.99 Å². The molecule has 6 nitrogen and oxygen atoms in total. The van der Waals surface area contributed by atoms with Crippen molar-refractivity contribution in [2.45, 2.75) is 77.4 Å². The smallest absolute Gasteiger partial charge is 0.191 e. The minimum Gasteiger partial charge on any atom is -0.379 e. The molecule has 1 aliphatic carbocycles. The van der Waals surface area contributed by atoms with Crippen molar-refractivity contribution in [2.24, 2.45) is 10.9 Å². The quantitative estimate of drug-likeness (QED) is 0.171. The van der Waals surface area contributed by atoms with Crippen LogP contribution in [0.1, 0.15) is 65.2 Å². The Balaban J connectivity index is 0.00000392. The van der Waals surface area contributed by atoms with Gasteiger partial charge in [0.05, 0.1) is 18.8 Å². The largest absolute Gasteiger partial charge is 0.379 e. The highest BCUT2D eigenvalue weighted by Crippen LogP contribution is 2.30. The van der Waals surface area contributed by atoms with Gasteiger partial charge in [0.15, 0.2) is 5.96 Å². The summed E-state index contributed by atoms with van der Waals surface area (Å²) in [6.07, 6.45) is 10.4. The Morgan fingerprint density at radius 2 is 1.96 bits per heavy atom. The number of halogens is 1. The number of nitrogens with zero attached hydrogens (tertiary/aromatic N) is 1. The van der Waals surface area contributed by atoms with Crippen LogP contribution >= 0.6 is 24.0 Å². The van der Waals surface area contributed by atoms with Crippen LogP contribution in [-0.4, -0.2) is 64.2 Å². The third-order valence-corrected chi connectivity index (χ3v) is 5.42. The number of aliphatic imine (C=N–C) groups is 1. The van der Waals surface area contributed by atoms with E-state index in [0.29, 0.717) is 12.2 Å². The number of rotatable bonds is 13. The second-order valence-electron chi connectivity index (χ2n) is 7.58. The van der Waals surface area contributed by atoms with Gasteiger partial charge in [0.1, 0.15) is 0 Å². The first-order chi connectivity index (χ1) is 13.3. The summed E-state index contributed by atoms with van der Waals surface area (Å²) in [5, 5.41) is 6.80. The molecule has 2 atom stereocenters. The molecule has 1 saturated carbocycles. The van der Waals surface area contributed by atoms with Crippen molar-refractivity contribution in [2.75, 3.05) is 46.1 Å². The molecule has 0 spiro atoms. The molecule has 0 radical (unpaired) electrons. The van der Waals surface area contributed by atoms with Crippen molar-refractivity contribution in [3.05, 3.63) is 0 Å². The minimum atomic E-state index is 0. The molecular weight excluding hydrogens is 469 g/mol. The SMILES string of the molecule is CCNC(=NCCCOCC1CCCO1)NCCC(OCC)C1CCCC1.I. The van der Waals surface area contributed by atoms with Crippen LogP contribution in [0.3, 0.4) is 0 Å². The van der Waals surface area contributed by atoms with Gasteiger partial charge in [-0.1, -0.05) is 12.8 Å². The molecule has 0 aromatic heterocycles. The fourth-order valence-corrected chi connectivity index (χ4v) is 4.02. The molecule has 166 valence electrons. The van der Waals surface area contributed by atoms with Gasteiger partial charge in [0.2, 0.25) is 0 Å². The van der Waals surface area contributed by atoms with Crippen molar-refractivity contribution in [3.8, 4) is 0 Å². The Morgan fingerprint density at radius 1 is 1.14 bits per heavy atom. The van der Waals surface area contributed by atoms with Gasteiger partial charge in [-0.2, -0.15) is 0 Å². The highest BCUT2D eigenvalue weighted by Gasteiger charge is 2.25. The normalized spacial score (nSPS) is 21.5. The van der Waals surface area contributed by atoms with Gasteiger partial charge in [0, 0.05) is 39.5 Å². The van der Waals surface area contributed by atoms with Crippen molar-refractivity contribution in [3.63, 3.8) is 0 Å². The summed E-state index contributed by atoms with van der Waals surface area (Å²) in [4.78, 5) is 4.67. The van der Waals surface area contributed by atoms with Crippen LogP contribution in [-0.2, 0) is 14.2 Å². The summed E-state index contributed by atoms with van der Waals surface area (Å²) in [6.45, 7) is 9.92. The van der Waals surface area contributed by atoms with E-state index in [1.807, 2.05) is 0 Å². The summed E-state index contributed by atoms with van der Waals surface area (Å²) in [5.41, 5.74) is 0. The molecule has 2 aliphatic rings. The molecule has 28 heavy (non-hydrogen) atoms. The van der Waals surface area contributed by atoms with Gasteiger partial charge in [-0.25, -0.2) is 0 Å². The molecule has 2 rings (SSSR count). The van der Waals surface area contributed by atoms with Gasteiger partial charge >= 0.3 is 0 Å². The van der Waals surface area contributed by atoms with Crippen LogP contribution in [0, 0.1) is 5.92 Å². The summed E-state index contributed by atoms with van der Waals surface area (Å²) in [7, 11) is 0. The molecule has 0 bridgehead atoms. The van der Waals surface area contributed by atoms with Gasteiger partial charge < -0.3 is 24.8 Å². The monoisotopic (exact) mass is 511 g/mol. The second-order valence-corrected chi connectivity index (χ2v) is 7.58. The van der Waals surface area contributed by atoms with E-state index in [-0.39, 0.29) is 24.0 Å². The number of hydrogen-bond donors (Lipinski definition) is 2. The second kappa shape index (κ2) is 16.7. The molecule has 0 aromatic rings. The molecule has 1 aliphatic heterocycles. The first kappa shape index (κ1) is 25.9. The Hall–Kier alpha value is -0.120. The Labute approximate surface area is 189 Å². The average Bonchev–Trinajstić information content (AvgIpc) is 3.37. The van der Waals surface area contributed by atoms with E-state index in [2.05, 4.69) is 29.5 Å². The third-order valence-electron chi connectivity index (χ3n) is 5.42. The average molecular weight is 511 g/mol. The maximum absolute atomic E-state index is 6.01. The molecular formula is C21H42IN3O3. The maximum Gasteiger partial charge on any atom is 0.191 e. The zero-order chi connectivity index (χ0) is 19.2. The zero-order valence-electron chi connectivity index (χ0n) is 17.9. The molecule has 7 heteroatoms. The molecule has 2 fully saturated rings. The van der Waals surface area contributed by atoms with Crippen LogP contribution in [0.5, 0.6) is 0 Å².